The van der Waals surface area contributed by atoms with Crippen LogP contribution in [0.15, 0.2) is 18.2 Å². The summed E-state index contributed by atoms with van der Waals surface area (Å²) in [5.41, 5.74) is 10.1. The molecular formula is C13H21N. The number of nitrogens with two attached hydrogens (primary N) is 1. The highest BCUT2D eigenvalue weighted by Gasteiger charge is 2.22. The highest BCUT2D eigenvalue weighted by molar-refractivity contribution is 5.39. The van der Waals surface area contributed by atoms with Crippen molar-refractivity contribution in [3.8, 4) is 0 Å². The van der Waals surface area contributed by atoms with Crippen molar-refractivity contribution in [2.24, 2.45) is 5.73 Å². The second-order valence-corrected chi connectivity index (χ2v) is 4.69. The zero-order chi connectivity index (χ0) is 10.8. The predicted molar refractivity (Wildman–Crippen MR) is 62.6 cm³/mol. The Kier molecular flexibility index (Phi) is 3.33. The highest BCUT2D eigenvalue weighted by Crippen LogP contribution is 2.31. The van der Waals surface area contributed by atoms with Crippen LogP contribution in [0.1, 0.15) is 37.0 Å². The topological polar surface area (TPSA) is 26.0 Å². The molecule has 0 aromatic heterocycles. The summed E-state index contributed by atoms with van der Waals surface area (Å²) < 4.78 is 0. The molecule has 2 N–H and O–H groups in total. The molecule has 0 fully saturated rings. The van der Waals surface area contributed by atoms with Gasteiger partial charge in [-0.1, -0.05) is 32.0 Å². The highest BCUT2D eigenvalue weighted by atomic mass is 14.5. The van der Waals surface area contributed by atoms with Gasteiger partial charge in [-0.05, 0) is 48.9 Å². The second kappa shape index (κ2) is 4.14. The summed E-state index contributed by atoms with van der Waals surface area (Å²) in [6.07, 6.45) is 1.04. The van der Waals surface area contributed by atoms with E-state index in [-0.39, 0.29) is 5.41 Å². The van der Waals surface area contributed by atoms with E-state index in [1.54, 1.807) is 0 Å². The van der Waals surface area contributed by atoms with Gasteiger partial charge >= 0.3 is 0 Å². The first-order valence-electron chi connectivity index (χ1n) is 5.26. The molecule has 1 aromatic carbocycles. The summed E-state index contributed by atoms with van der Waals surface area (Å²) in [7, 11) is 0. The smallest absolute Gasteiger partial charge is 0.00690 e. The van der Waals surface area contributed by atoms with Crippen LogP contribution in [-0.4, -0.2) is 6.54 Å². The minimum Gasteiger partial charge on any atom is -0.330 e. The first-order chi connectivity index (χ1) is 6.49. The Hall–Kier alpha value is -0.820. The molecule has 0 bridgehead atoms. The number of benzene rings is 1. The number of rotatable bonds is 3. The molecule has 78 valence electrons. The number of hydrogen-bond donors (Lipinski definition) is 1. The Labute approximate surface area is 87.3 Å². The molecule has 0 radical (unpaired) electrons. The van der Waals surface area contributed by atoms with Crippen molar-refractivity contribution in [3.63, 3.8) is 0 Å². The minimum atomic E-state index is 0.199. The zero-order valence-corrected chi connectivity index (χ0v) is 9.72. The van der Waals surface area contributed by atoms with E-state index in [0.29, 0.717) is 0 Å². The Balaban J connectivity index is 3.17. The van der Waals surface area contributed by atoms with E-state index in [4.69, 9.17) is 5.73 Å². The second-order valence-electron chi connectivity index (χ2n) is 4.69. The monoisotopic (exact) mass is 191 g/mol. The normalized spacial score (nSPS) is 11.8. The largest absolute Gasteiger partial charge is 0.330 e. The maximum absolute atomic E-state index is 5.65. The zero-order valence-electron chi connectivity index (χ0n) is 9.72. The molecule has 0 aliphatic carbocycles. The average Bonchev–Trinajstić information content (AvgIpc) is 2.02. The van der Waals surface area contributed by atoms with E-state index in [1.807, 2.05) is 0 Å². The molecule has 1 nitrogen and oxygen atoms in total. The van der Waals surface area contributed by atoms with Crippen LogP contribution in [0.3, 0.4) is 0 Å². The van der Waals surface area contributed by atoms with E-state index < -0.39 is 0 Å². The predicted octanol–water partition coefficient (Wildman–Crippen LogP) is 2.93. The SMILES string of the molecule is Cc1cccc(C)c1C(C)(C)CCN. The van der Waals surface area contributed by atoms with Crippen LogP contribution in [0.2, 0.25) is 0 Å². The number of aryl methyl sites for hydroxylation is 2. The fourth-order valence-electron chi connectivity index (χ4n) is 2.37. The van der Waals surface area contributed by atoms with Crippen molar-refractivity contribution < 1.29 is 0 Å². The van der Waals surface area contributed by atoms with Crippen LogP contribution < -0.4 is 5.73 Å². The summed E-state index contributed by atoms with van der Waals surface area (Å²) in [6.45, 7) is 9.66. The Morgan fingerprint density at radius 1 is 1.14 bits per heavy atom. The molecule has 0 amide bonds. The third-order valence-electron chi connectivity index (χ3n) is 2.93. The lowest BCUT2D eigenvalue weighted by Gasteiger charge is -2.28. The van der Waals surface area contributed by atoms with Gasteiger partial charge < -0.3 is 5.73 Å². The van der Waals surface area contributed by atoms with Gasteiger partial charge in [0, 0.05) is 0 Å². The van der Waals surface area contributed by atoms with Crippen LogP contribution in [-0.2, 0) is 5.41 Å². The Morgan fingerprint density at radius 3 is 2.07 bits per heavy atom. The van der Waals surface area contributed by atoms with Gasteiger partial charge in [0.1, 0.15) is 0 Å². The fourth-order valence-corrected chi connectivity index (χ4v) is 2.37. The van der Waals surface area contributed by atoms with Crippen molar-refractivity contribution in [2.75, 3.05) is 6.54 Å². The summed E-state index contributed by atoms with van der Waals surface area (Å²) in [4.78, 5) is 0. The number of hydrogen-bond acceptors (Lipinski definition) is 1. The van der Waals surface area contributed by atoms with Crippen molar-refractivity contribution in [1.82, 2.24) is 0 Å². The quantitative estimate of drug-likeness (QED) is 0.781. The van der Waals surface area contributed by atoms with E-state index >= 15 is 0 Å². The molecular weight excluding hydrogens is 170 g/mol. The Bertz CT molecular complexity index is 293. The maximum Gasteiger partial charge on any atom is -0.00690 e. The van der Waals surface area contributed by atoms with Gasteiger partial charge in [-0.15, -0.1) is 0 Å². The van der Waals surface area contributed by atoms with Crippen molar-refractivity contribution >= 4 is 0 Å². The van der Waals surface area contributed by atoms with Crippen molar-refractivity contribution in [2.45, 2.75) is 39.5 Å². The lowest BCUT2D eigenvalue weighted by atomic mass is 9.77. The first-order valence-corrected chi connectivity index (χ1v) is 5.26. The maximum atomic E-state index is 5.65. The molecule has 0 atom stereocenters. The van der Waals surface area contributed by atoms with Crippen LogP contribution in [0.4, 0.5) is 0 Å². The fraction of sp³-hybridized carbons (Fsp3) is 0.538. The molecule has 0 unspecified atom stereocenters. The van der Waals surface area contributed by atoms with Gasteiger partial charge in [-0.25, -0.2) is 0 Å². The molecule has 0 saturated carbocycles. The average molecular weight is 191 g/mol. The summed E-state index contributed by atoms with van der Waals surface area (Å²) in [5, 5.41) is 0. The van der Waals surface area contributed by atoms with Gasteiger partial charge in [-0.2, -0.15) is 0 Å². The summed E-state index contributed by atoms with van der Waals surface area (Å²) in [6, 6.07) is 6.48. The molecule has 0 spiro atoms. The van der Waals surface area contributed by atoms with E-state index in [0.717, 1.165) is 13.0 Å². The Morgan fingerprint density at radius 2 is 1.64 bits per heavy atom. The summed E-state index contributed by atoms with van der Waals surface area (Å²) in [5.74, 6) is 0. The molecule has 1 aromatic rings. The molecule has 1 heteroatoms. The molecule has 0 aliphatic heterocycles. The minimum absolute atomic E-state index is 0.199. The molecule has 1 rings (SSSR count). The summed E-state index contributed by atoms with van der Waals surface area (Å²) >= 11 is 0. The van der Waals surface area contributed by atoms with Crippen LogP contribution in [0, 0.1) is 13.8 Å². The van der Waals surface area contributed by atoms with Gasteiger partial charge in [-0.3, -0.25) is 0 Å². The van der Waals surface area contributed by atoms with Gasteiger partial charge in [0.05, 0.1) is 0 Å². The molecule has 0 heterocycles. The van der Waals surface area contributed by atoms with Crippen LogP contribution >= 0.6 is 0 Å². The van der Waals surface area contributed by atoms with E-state index in [9.17, 15) is 0 Å². The van der Waals surface area contributed by atoms with E-state index in [1.165, 1.54) is 16.7 Å². The van der Waals surface area contributed by atoms with Crippen molar-refractivity contribution in [1.29, 1.82) is 0 Å². The molecule has 0 aliphatic rings. The lowest BCUT2D eigenvalue weighted by molar-refractivity contribution is 0.482. The lowest BCUT2D eigenvalue weighted by Crippen LogP contribution is -2.23. The third-order valence-corrected chi connectivity index (χ3v) is 2.93. The standard InChI is InChI=1S/C13H21N/c1-10-6-5-7-11(2)12(10)13(3,4)8-9-14/h5-7H,8-9,14H2,1-4H3. The first kappa shape index (κ1) is 11.3. The van der Waals surface area contributed by atoms with E-state index in [2.05, 4.69) is 45.9 Å². The molecule has 14 heavy (non-hydrogen) atoms. The van der Waals surface area contributed by atoms with Crippen LogP contribution in [0.5, 0.6) is 0 Å². The molecule has 0 saturated heterocycles. The van der Waals surface area contributed by atoms with Crippen LogP contribution in [0.25, 0.3) is 0 Å². The van der Waals surface area contributed by atoms with Gasteiger partial charge in [0.15, 0.2) is 0 Å². The van der Waals surface area contributed by atoms with Gasteiger partial charge in [0.25, 0.3) is 0 Å². The van der Waals surface area contributed by atoms with Crippen molar-refractivity contribution in [3.05, 3.63) is 34.9 Å². The third kappa shape index (κ3) is 2.16. The van der Waals surface area contributed by atoms with Gasteiger partial charge in [0.2, 0.25) is 0 Å².